The van der Waals surface area contributed by atoms with E-state index in [9.17, 15) is 9.59 Å². The number of ether oxygens (including phenoxy) is 2. The minimum atomic E-state index is -0.185. The number of hydrogen-bond donors (Lipinski definition) is 0. The lowest BCUT2D eigenvalue weighted by molar-refractivity contribution is -0.145. The highest BCUT2D eigenvalue weighted by atomic mass is 16.5. The van der Waals surface area contributed by atoms with E-state index < -0.39 is 0 Å². The van der Waals surface area contributed by atoms with Crippen LogP contribution in [0.25, 0.3) is 22.3 Å². The summed E-state index contributed by atoms with van der Waals surface area (Å²) in [7, 11) is 2.06. The molecule has 0 amide bonds. The number of anilines is 2. The fraction of sp³-hybridized carbons (Fsp3) is 0.517. The molecule has 0 unspecified atom stereocenters. The van der Waals surface area contributed by atoms with Crippen LogP contribution in [0.5, 0.6) is 0 Å². The first-order valence-electron chi connectivity index (χ1n) is 14.2. The third-order valence-corrected chi connectivity index (χ3v) is 7.57. The summed E-state index contributed by atoms with van der Waals surface area (Å²) in [6.45, 7) is 11.0. The maximum Gasteiger partial charge on any atom is 0.320 e. The molecule has 4 heterocycles. The first-order valence-corrected chi connectivity index (χ1v) is 14.2. The molecule has 5 rings (SSSR count). The number of esters is 2. The van der Waals surface area contributed by atoms with Gasteiger partial charge in [0.15, 0.2) is 0 Å². The van der Waals surface area contributed by atoms with Crippen molar-refractivity contribution in [1.82, 2.24) is 24.3 Å². The van der Waals surface area contributed by atoms with E-state index in [1.807, 2.05) is 32.0 Å². The second-order valence-corrected chi connectivity index (χ2v) is 10.2. The van der Waals surface area contributed by atoms with Crippen molar-refractivity contribution >= 4 is 34.7 Å². The molecular formula is C29H39N7O4. The molecule has 2 aliphatic rings. The van der Waals surface area contributed by atoms with E-state index in [1.54, 1.807) is 0 Å². The number of aromatic nitrogens is 3. The summed E-state index contributed by atoms with van der Waals surface area (Å²) in [5, 5.41) is 1.02. The van der Waals surface area contributed by atoms with Gasteiger partial charge in [0.1, 0.15) is 11.5 Å². The topological polar surface area (TPSA) is 96.3 Å². The van der Waals surface area contributed by atoms with E-state index in [0.29, 0.717) is 32.3 Å². The quantitative estimate of drug-likeness (QED) is 0.369. The highest BCUT2D eigenvalue weighted by molar-refractivity contribution is 5.94. The molecule has 1 aromatic carbocycles. The number of nitrogens with zero attached hydrogens (tertiary/aromatic N) is 7. The predicted octanol–water partition coefficient (Wildman–Crippen LogP) is 2.01. The Labute approximate surface area is 235 Å². The van der Waals surface area contributed by atoms with Gasteiger partial charge < -0.3 is 23.8 Å². The Morgan fingerprint density at radius 2 is 1.32 bits per heavy atom. The Kier molecular flexibility index (Phi) is 8.81. The Hall–Kier alpha value is -3.70. The minimum absolute atomic E-state index is 0.180. The van der Waals surface area contributed by atoms with Crippen molar-refractivity contribution in [3.63, 3.8) is 0 Å². The summed E-state index contributed by atoms with van der Waals surface area (Å²) in [6, 6.07) is 12.5. The van der Waals surface area contributed by atoms with Crippen LogP contribution in [0.2, 0.25) is 0 Å². The minimum Gasteiger partial charge on any atom is -0.465 e. The number of fused-ring (bicyclic) bond motifs is 1. The Morgan fingerprint density at radius 1 is 0.775 bits per heavy atom. The van der Waals surface area contributed by atoms with Crippen molar-refractivity contribution in [1.29, 1.82) is 0 Å². The molecule has 0 aliphatic carbocycles. The van der Waals surface area contributed by atoms with Crippen LogP contribution >= 0.6 is 0 Å². The largest absolute Gasteiger partial charge is 0.465 e. The maximum absolute atomic E-state index is 12.0. The number of benzene rings is 1. The monoisotopic (exact) mass is 549 g/mol. The summed E-state index contributed by atoms with van der Waals surface area (Å²) in [4.78, 5) is 42.9. The van der Waals surface area contributed by atoms with Gasteiger partial charge in [0.2, 0.25) is 5.95 Å². The fourth-order valence-corrected chi connectivity index (χ4v) is 5.44. The Morgan fingerprint density at radius 3 is 1.88 bits per heavy atom. The van der Waals surface area contributed by atoms with E-state index in [-0.39, 0.29) is 11.9 Å². The zero-order chi connectivity index (χ0) is 28.1. The van der Waals surface area contributed by atoms with Gasteiger partial charge in [-0.05, 0) is 25.5 Å². The van der Waals surface area contributed by atoms with Crippen molar-refractivity contribution in [2.24, 2.45) is 7.05 Å². The number of rotatable bonds is 9. The second-order valence-electron chi connectivity index (χ2n) is 10.2. The van der Waals surface area contributed by atoms with E-state index in [1.165, 1.54) is 0 Å². The lowest BCUT2D eigenvalue weighted by Crippen LogP contribution is -2.49. The van der Waals surface area contributed by atoms with Gasteiger partial charge in [-0.2, -0.15) is 9.97 Å². The molecule has 0 spiro atoms. The van der Waals surface area contributed by atoms with Crippen LogP contribution in [0.15, 0.2) is 36.4 Å². The molecule has 11 heteroatoms. The third-order valence-electron chi connectivity index (χ3n) is 7.57. The Bertz CT molecular complexity index is 1310. The first-order chi connectivity index (χ1) is 19.5. The fourth-order valence-electron chi connectivity index (χ4n) is 5.44. The third kappa shape index (κ3) is 6.20. The molecule has 2 aromatic heterocycles. The molecule has 2 fully saturated rings. The molecule has 0 atom stereocenters. The standard InChI is InChI=1S/C29H39N7O4/c1-4-39-25(37)20-33-11-15-35(16-12-33)28-23-19-24(22-9-7-6-8-10-22)32(3)27(23)30-29(31-28)36-17-13-34(14-18-36)21-26(38)40-5-2/h6-10,19H,4-5,11-18,20-21H2,1-3H3. The van der Waals surface area contributed by atoms with Gasteiger partial charge in [-0.25, -0.2) is 0 Å². The van der Waals surface area contributed by atoms with E-state index in [0.717, 1.165) is 80.5 Å². The highest BCUT2D eigenvalue weighted by Crippen LogP contribution is 2.33. The van der Waals surface area contributed by atoms with Crippen LogP contribution in [0, 0.1) is 0 Å². The van der Waals surface area contributed by atoms with Crippen LogP contribution in [-0.4, -0.2) is 115 Å². The summed E-state index contributed by atoms with van der Waals surface area (Å²) >= 11 is 0. The molecular weight excluding hydrogens is 510 g/mol. The summed E-state index contributed by atoms with van der Waals surface area (Å²) in [5.74, 6) is 1.26. The van der Waals surface area contributed by atoms with Crippen LogP contribution < -0.4 is 9.80 Å². The van der Waals surface area contributed by atoms with E-state index >= 15 is 0 Å². The summed E-state index contributed by atoms with van der Waals surface area (Å²) in [6.07, 6.45) is 0. The normalized spacial score (nSPS) is 16.9. The van der Waals surface area contributed by atoms with Crippen molar-refractivity contribution in [3.8, 4) is 11.3 Å². The van der Waals surface area contributed by atoms with E-state index in [2.05, 4.69) is 49.4 Å². The molecule has 0 radical (unpaired) electrons. The summed E-state index contributed by atoms with van der Waals surface area (Å²) in [5.41, 5.74) is 3.10. The molecule has 2 aliphatic heterocycles. The number of carbonyl (C=O) groups is 2. The predicted molar refractivity (Wildman–Crippen MR) is 155 cm³/mol. The molecule has 2 saturated heterocycles. The van der Waals surface area contributed by atoms with Crippen molar-refractivity contribution in [2.45, 2.75) is 13.8 Å². The molecule has 11 nitrogen and oxygen atoms in total. The maximum atomic E-state index is 12.0. The molecule has 0 N–H and O–H groups in total. The number of hydrogen-bond acceptors (Lipinski definition) is 10. The van der Waals surface area contributed by atoms with Crippen LogP contribution in [-0.2, 0) is 26.1 Å². The molecule has 214 valence electrons. The summed E-state index contributed by atoms with van der Waals surface area (Å²) < 4.78 is 12.4. The van der Waals surface area contributed by atoms with Crippen molar-refractivity contribution in [2.75, 3.05) is 88.5 Å². The molecule has 40 heavy (non-hydrogen) atoms. The molecule has 0 bridgehead atoms. The number of piperazine rings is 2. The zero-order valence-electron chi connectivity index (χ0n) is 23.7. The van der Waals surface area contributed by atoms with Crippen molar-refractivity contribution in [3.05, 3.63) is 36.4 Å². The van der Waals surface area contributed by atoms with Gasteiger partial charge in [0.05, 0.1) is 37.4 Å². The average Bonchev–Trinajstić information content (AvgIpc) is 3.30. The molecule has 0 saturated carbocycles. The van der Waals surface area contributed by atoms with Crippen LogP contribution in [0.4, 0.5) is 11.8 Å². The number of carbonyl (C=O) groups excluding carboxylic acids is 2. The van der Waals surface area contributed by atoms with Crippen molar-refractivity contribution < 1.29 is 19.1 Å². The van der Waals surface area contributed by atoms with Gasteiger partial charge in [0, 0.05) is 59.4 Å². The number of aryl methyl sites for hydroxylation is 1. The smallest absolute Gasteiger partial charge is 0.320 e. The van der Waals surface area contributed by atoms with E-state index in [4.69, 9.17) is 19.4 Å². The lowest BCUT2D eigenvalue weighted by atomic mass is 10.1. The lowest BCUT2D eigenvalue weighted by Gasteiger charge is -2.36. The van der Waals surface area contributed by atoms with Gasteiger partial charge >= 0.3 is 11.9 Å². The second kappa shape index (κ2) is 12.6. The van der Waals surface area contributed by atoms with Gasteiger partial charge in [0.25, 0.3) is 0 Å². The zero-order valence-corrected chi connectivity index (χ0v) is 23.7. The van der Waals surface area contributed by atoms with Gasteiger partial charge in [-0.1, -0.05) is 30.3 Å². The average molecular weight is 550 g/mol. The highest BCUT2D eigenvalue weighted by Gasteiger charge is 2.27. The van der Waals surface area contributed by atoms with Crippen LogP contribution in [0.1, 0.15) is 13.8 Å². The van der Waals surface area contributed by atoms with Crippen LogP contribution in [0.3, 0.4) is 0 Å². The Balaban J connectivity index is 1.41. The van der Waals surface area contributed by atoms with Gasteiger partial charge in [-0.3, -0.25) is 19.4 Å². The SMILES string of the molecule is CCOC(=O)CN1CCN(c2nc(N3CCN(CC(=O)OCC)CC3)c3cc(-c4ccccc4)n(C)c3n2)CC1. The molecule has 3 aromatic rings. The first kappa shape index (κ1) is 27.9. The van der Waals surface area contributed by atoms with Gasteiger partial charge in [-0.15, -0.1) is 0 Å².